The predicted octanol–water partition coefficient (Wildman–Crippen LogP) is 5.09. The third kappa shape index (κ3) is 3.47. The van der Waals surface area contributed by atoms with Crippen molar-refractivity contribution in [1.82, 2.24) is 0 Å². The number of aliphatic hydroxyl groups excluding tert-OH is 1. The van der Waals surface area contributed by atoms with Gasteiger partial charge < -0.3 is 9.84 Å². The molecule has 0 aliphatic heterocycles. The number of rotatable bonds is 3. The van der Waals surface area contributed by atoms with Gasteiger partial charge in [-0.2, -0.15) is 0 Å². The lowest BCUT2D eigenvalue weighted by molar-refractivity contribution is 0.199. The van der Waals surface area contributed by atoms with E-state index in [1.165, 1.54) is 12.1 Å². The van der Waals surface area contributed by atoms with E-state index in [9.17, 15) is 9.50 Å². The lowest BCUT2D eigenvalue weighted by atomic mass is 10.1. The topological polar surface area (TPSA) is 29.5 Å². The van der Waals surface area contributed by atoms with Gasteiger partial charge in [0.2, 0.25) is 0 Å². The van der Waals surface area contributed by atoms with Crippen molar-refractivity contribution in [3.8, 4) is 11.5 Å². The van der Waals surface area contributed by atoms with Gasteiger partial charge in [0.1, 0.15) is 17.3 Å². The molecular weight excluding hydrogens is 335 g/mol. The van der Waals surface area contributed by atoms with E-state index in [1.807, 2.05) is 0 Å². The van der Waals surface area contributed by atoms with E-state index in [4.69, 9.17) is 16.3 Å². The number of benzene rings is 2. The van der Waals surface area contributed by atoms with Gasteiger partial charge in [0.05, 0.1) is 15.6 Å². The molecule has 0 aliphatic rings. The highest BCUT2D eigenvalue weighted by atomic mass is 79.9. The quantitative estimate of drug-likeness (QED) is 0.840. The van der Waals surface area contributed by atoms with Gasteiger partial charge in [0, 0.05) is 6.07 Å². The van der Waals surface area contributed by atoms with Gasteiger partial charge in [-0.15, -0.1) is 0 Å². The number of hydrogen-bond donors (Lipinski definition) is 1. The Bertz CT molecular complexity index is 602. The normalized spacial score (nSPS) is 12.3. The second kappa shape index (κ2) is 5.90. The third-order valence-electron chi connectivity index (χ3n) is 2.56. The molecule has 1 N–H and O–H groups in total. The van der Waals surface area contributed by atoms with Crippen LogP contribution >= 0.6 is 27.5 Å². The van der Waals surface area contributed by atoms with Crippen LogP contribution in [0.3, 0.4) is 0 Å². The van der Waals surface area contributed by atoms with Gasteiger partial charge >= 0.3 is 0 Å². The van der Waals surface area contributed by atoms with Gasteiger partial charge in [-0.25, -0.2) is 4.39 Å². The van der Waals surface area contributed by atoms with Gasteiger partial charge in [-0.05, 0) is 52.7 Å². The highest BCUT2D eigenvalue weighted by Crippen LogP contribution is 2.33. The second-order valence-corrected chi connectivity index (χ2v) is 5.31. The zero-order valence-corrected chi connectivity index (χ0v) is 12.4. The van der Waals surface area contributed by atoms with E-state index in [0.717, 1.165) is 5.56 Å². The zero-order valence-electron chi connectivity index (χ0n) is 10.0. The maximum Gasteiger partial charge on any atom is 0.145 e. The molecule has 0 fully saturated rings. The largest absolute Gasteiger partial charge is 0.456 e. The van der Waals surface area contributed by atoms with Crippen LogP contribution in [-0.2, 0) is 0 Å². The minimum atomic E-state index is -0.557. The van der Waals surface area contributed by atoms with Crippen LogP contribution in [0.5, 0.6) is 11.5 Å². The van der Waals surface area contributed by atoms with Crippen LogP contribution in [0.2, 0.25) is 5.02 Å². The number of halogens is 3. The SMILES string of the molecule is C[C@H](O)c1ccc(Oc2ccc(Cl)c(F)c2)c(Br)c1. The molecule has 0 bridgehead atoms. The Hall–Kier alpha value is -1.10. The molecule has 0 heterocycles. The van der Waals surface area contributed by atoms with Gasteiger partial charge in [0.15, 0.2) is 0 Å². The minimum absolute atomic E-state index is 0.0517. The van der Waals surface area contributed by atoms with E-state index < -0.39 is 11.9 Å². The fourth-order valence-corrected chi connectivity index (χ4v) is 2.12. The van der Waals surface area contributed by atoms with Crippen LogP contribution in [0, 0.1) is 5.82 Å². The summed E-state index contributed by atoms with van der Waals surface area (Å²) in [7, 11) is 0. The molecule has 5 heteroatoms. The van der Waals surface area contributed by atoms with Crippen molar-refractivity contribution in [2.24, 2.45) is 0 Å². The Kier molecular flexibility index (Phi) is 4.45. The molecule has 0 radical (unpaired) electrons. The van der Waals surface area contributed by atoms with Crippen LogP contribution in [0.1, 0.15) is 18.6 Å². The minimum Gasteiger partial charge on any atom is -0.456 e. The van der Waals surface area contributed by atoms with Crippen molar-refractivity contribution in [2.75, 3.05) is 0 Å². The Morgan fingerprint density at radius 3 is 2.58 bits per heavy atom. The van der Waals surface area contributed by atoms with Gasteiger partial charge in [-0.1, -0.05) is 17.7 Å². The first-order valence-electron chi connectivity index (χ1n) is 5.58. The Morgan fingerprint density at radius 1 is 1.26 bits per heavy atom. The molecule has 2 aromatic rings. The third-order valence-corrected chi connectivity index (χ3v) is 3.48. The molecule has 0 aromatic heterocycles. The Morgan fingerprint density at radius 2 is 2.00 bits per heavy atom. The van der Waals surface area contributed by atoms with Crippen molar-refractivity contribution in [3.05, 3.63) is 57.3 Å². The maximum absolute atomic E-state index is 13.3. The molecule has 0 unspecified atom stereocenters. The first kappa shape index (κ1) is 14.3. The molecule has 2 nitrogen and oxygen atoms in total. The van der Waals surface area contributed by atoms with Crippen LogP contribution < -0.4 is 4.74 Å². The monoisotopic (exact) mass is 344 g/mol. The summed E-state index contributed by atoms with van der Waals surface area (Å²) in [5, 5.41) is 9.52. The summed E-state index contributed by atoms with van der Waals surface area (Å²) in [6.07, 6.45) is -0.557. The summed E-state index contributed by atoms with van der Waals surface area (Å²) in [5.41, 5.74) is 0.765. The van der Waals surface area contributed by atoms with E-state index in [0.29, 0.717) is 16.0 Å². The van der Waals surface area contributed by atoms with E-state index in [2.05, 4.69) is 15.9 Å². The van der Waals surface area contributed by atoms with Crippen LogP contribution in [0.15, 0.2) is 40.9 Å². The summed E-state index contributed by atoms with van der Waals surface area (Å²) in [6.45, 7) is 1.68. The molecule has 0 spiro atoms. The van der Waals surface area contributed by atoms with Gasteiger partial charge in [-0.3, -0.25) is 0 Å². The second-order valence-electron chi connectivity index (χ2n) is 4.04. The molecule has 0 saturated heterocycles. The summed E-state index contributed by atoms with van der Waals surface area (Å²) in [5.74, 6) is 0.356. The highest BCUT2D eigenvalue weighted by molar-refractivity contribution is 9.10. The predicted molar refractivity (Wildman–Crippen MR) is 76.3 cm³/mol. The molecular formula is C14H11BrClFO2. The number of hydrogen-bond acceptors (Lipinski definition) is 2. The first-order chi connectivity index (χ1) is 8.97. The molecule has 2 aromatic carbocycles. The standard InChI is InChI=1S/C14H11BrClFO2/c1-8(18)9-2-5-14(11(15)6-9)19-10-3-4-12(16)13(17)7-10/h2-8,18H,1H3/t8-/m0/s1. The lowest BCUT2D eigenvalue weighted by Crippen LogP contribution is -1.92. The van der Waals surface area contributed by atoms with Crippen molar-refractivity contribution in [2.45, 2.75) is 13.0 Å². The van der Waals surface area contributed by atoms with Gasteiger partial charge in [0.25, 0.3) is 0 Å². The van der Waals surface area contributed by atoms with Crippen molar-refractivity contribution in [3.63, 3.8) is 0 Å². The molecule has 0 saturated carbocycles. The molecule has 0 amide bonds. The van der Waals surface area contributed by atoms with E-state index >= 15 is 0 Å². The molecule has 100 valence electrons. The Labute approximate surface area is 123 Å². The van der Waals surface area contributed by atoms with Crippen molar-refractivity contribution >= 4 is 27.5 Å². The average molecular weight is 346 g/mol. The molecule has 2 rings (SSSR count). The van der Waals surface area contributed by atoms with Crippen LogP contribution in [0.4, 0.5) is 4.39 Å². The first-order valence-corrected chi connectivity index (χ1v) is 6.75. The summed E-state index contributed by atoms with van der Waals surface area (Å²) in [6, 6.07) is 9.45. The fourth-order valence-electron chi connectivity index (χ4n) is 1.53. The maximum atomic E-state index is 13.3. The molecule has 1 atom stereocenters. The zero-order chi connectivity index (χ0) is 14.0. The molecule has 19 heavy (non-hydrogen) atoms. The van der Waals surface area contributed by atoms with Crippen molar-refractivity contribution < 1.29 is 14.2 Å². The van der Waals surface area contributed by atoms with Crippen LogP contribution in [-0.4, -0.2) is 5.11 Å². The lowest BCUT2D eigenvalue weighted by Gasteiger charge is -2.11. The van der Waals surface area contributed by atoms with E-state index in [1.54, 1.807) is 31.2 Å². The summed E-state index contributed by atoms with van der Waals surface area (Å²) < 4.78 is 19.5. The van der Waals surface area contributed by atoms with E-state index in [-0.39, 0.29) is 5.02 Å². The van der Waals surface area contributed by atoms with Crippen molar-refractivity contribution in [1.29, 1.82) is 0 Å². The Balaban J connectivity index is 2.25. The summed E-state index contributed by atoms with van der Waals surface area (Å²) in [4.78, 5) is 0. The van der Waals surface area contributed by atoms with Crippen LogP contribution in [0.25, 0.3) is 0 Å². The molecule has 0 aliphatic carbocycles. The number of ether oxygens (including phenoxy) is 1. The summed E-state index contributed by atoms with van der Waals surface area (Å²) >= 11 is 8.95. The fraction of sp³-hybridized carbons (Fsp3) is 0.143. The number of aliphatic hydroxyl groups is 1. The average Bonchev–Trinajstić information content (AvgIpc) is 2.36. The highest BCUT2D eigenvalue weighted by Gasteiger charge is 2.08. The smallest absolute Gasteiger partial charge is 0.145 e.